The van der Waals surface area contributed by atoms with Gasteiger partial charge in [0.05, 0.1) is 17.6 Å². The van der Waals surface area contributed by atoms with Crippen molar-refractivity contribution < 1.29 is 9.66 Å². The van der Waals surface area contributed by atoms with Crippen molar-refractivity contribution in [3.05, 3.63) is 80.8 Å². The van der Waals surface area contributed by atoms with Crippen LogP contribution in [0.3, 0.4) is 0 Å². The second-order valence-electron chi connectivity index (χ2n) is 6.53. The molecule has 2 atom stereocenters. The lowest BCUT2D eigenvalue weighted by atomic mass is 10.1. The Morgan fingerprint density at radius 1 is 1.15 bits per heavy atom. The zero-order valence-electron chi connectivity index (χ0n) is 14.7. The highest BCUT2D eigenvalue weighted by molar-refractivity contribution is 5.62. The number of hydrogen-bond donors (Lipinski definition) is 0. The van der Waals surface area contributed by atoms with E-state index in [2.05, 4.69) is 4.98 Å². The molecule has 0 spiro atoms. The molecule has 1 fully saturated rings. The van der Waals surface area contributed by atoms with E-state index in [1.165, 1.54) is 10.6 Å². The number of nitro groups is 1. The van der Waals surface area contributed by atoms with E-state index < -0.39 is 16.2 Å². The van der Waals surface area contributed by atoms with Crippen LogP contribution in [0.2, 0.25) is 0 Å². The molecule has 1 aromatic carbocycles. The van der Waals surface area contributed by atoms with Crippen molar-refractivity contribution in [2.45, 2.75) is 19.1 Å². The minimum Gasteiger partial charge on any atom is -0.367 e. The summed E-state index contributed by atoms with van der Waals surface area (Å²) in [5, 5.41) is 11.7. The second kappa shape index (κ2) is 6.81. The molecule has 0 saturated carbocycles. The number of hydrogen-bond acceptors (Lipinski definition) is 6. The van der Waals surface area contributed by atoms with Crippen LogP contribution in [0.5, 0.6) is 0 Å². The molecule has 0 aliphatic carbocycles. The summed E-state index contributed by atoms with van der Waals surface area (Å²) in [5.41, 5.74) is 0.156. The summed E-state index contributed by atoms with van der Waals surface area (Å²) in [6.07, 6.45) is 1.06. The molecule has 8 nitrogen and oxygen atoms in total. The van der Waals surface area contributed by atoms with Gasteiger partial charge >= 0.3 is 11.2 Å². The van der Waals surface area contributed by atoms with Crippen LogP contribution in [0.1, 0.15) is 18.6 Å². The number of aromatic nitrogens is 2. The maximum Gasteiger partial charge on any atom is 0.376 e. The summed E-state index contributed by atoms with van der Waals surface area (Å²) in [5.74, 6) is 0.0901. The average Bonchev–Trinajstić information content (AvgIpc) is 2.68. The zero-order chi connectivity index (χ0) is 19.0. The van der Waals surface area contributed by atoms with E-state index in [9.17, 15) is 14.9 Å². The molecule has 1 aliphatic rings. The molecule has 4 rings (SSSR count). The van der Waals surface area contributed by atoms with Gasteiger partial charge in [0.1, 0.15) is 11.8 Å². The number of rotatable bonds is 3. The topological polar surface area (TPSA) is 90.0 Å². The van der Waals surface area contributed by atoms with E-state index >= 15 is 0 Å². The van der Waals surface area contributed by atoms with Crippen LogP contribution in [-0.4, -0.2) is 33.5 Å². The first-order valence-corrected chi connectivity index (χ1v) is 8.65. The predicted molar refractivity (Wildman–Crippen MR) is 100 cm³/mol. The van der Waals surface area contributed by atoms with Crippen molar-refractivity contribution >= 4 is 17.2 Å². The summed E-state index contributed by atoms with van der Waals surface area (Å²) in [7, 11) is 0. The molecular weight excluding hydrogens is 348 g/mol. The van der Waals surface area contributed by atoms with E-state index in [0.29, 0.717) is 18.7 Å². The third-order valence-electron chi connectivity index (χ3n) is 4.61. The Morgan fingerprint density at radius 2 is 1.89 bits per heavy atom. The van der Waals surface area contributed by atoms with Crippen LogP contribution < -0.4 is 10.5 Å². The molecule has 1 saturated heterocycles. The predicted octanol–water partition coefficient (Wildman–Crippen LogP) is 2.57. The Labute approximate surface area is 154 Å². The third kappa shape index (κ3) is 3.15. The van der Waals surface area contributed by atoms with Crippen molar-refractivity contribution in [3.8, 4) is 0 Å². The maximum atomic E-state index is 12.7. The summed E-state index contributed by atoms with van der Waals surface area (Å²) >= 11 is 0. The SMILES string of the molecule is CC1CN(c2nc3ccccn3c(=O)c2[N+](=O)[O-])CC(c2ccccc2)O1. The molecule has 2 aromatic heterocycles. The van der Waals surface area contributed by atoms with Crippen molar-refractivity contribution in [1.82, 2.24) is 9.38 Å². The van der Waals surface area contributed by atoms with E-state index in [-0.39, 0.29) is 18.0 Å². The quantitative estimate of drug-likeness (QED) is 0.523. The minimum atomic E-state index is -0.684. The van der Waals surface area contributed by atoms with Gasteiger partial charge in [0.25, 0.3) is 0 Å². The molecule has 0 N–H and O–H groups in total. The summed E-state index contributed by atoms with van der Waals surface area (Å²) in [6.45, 7) is 2.70. The van der Waals surface area contributed by atoms with Gasteiger partial charge in [-0.1, -0.05) is 36.4 Å². The number of morpholine rings is 1. The van der Waals surface area contributed by atoms with Crippen LogP contribution >= 0.6 is 0 Å². The number of ether oxygens (including phenoxy) is 1. The summed E-state index contributed by atoms with van der Waals surface area (Å²) < 4.78 is 7.21. The lowest BCUT2D eigenvalue weighted by Crippen LogP contribution is -2.44. The number of fused-ring (bicyclic) bond motifs is 1. The van der Waals surface area contributed by atoms with E-state index in [4.69, 9.17) is 4.74 Å². The molecule has 138 valence electrons. The number of benzene rings is 1. The van der Waals surface area contributed by atoms with Crippen LogP contribution in [0.4, 0.5) is 11.5 Å². The molecule has 0 radical (unpaired) electrons. The Balaban J connectivity index is 1.82. The molecule has 8 heteroatoms. The van der Waals surface area contributed by atoms with E-state index in [1.54, 1.807) is 23.1 Å². The summed E-state index contributed by atoms with van der Waals surface area (Å²) in [6, 6.07) is 14.7. The molecule has 3 heterocycles. The molecule has 2 unspecified atom stereocenters. The highest BCUT2D eigenvalue weighted by Gasteiger charge is 2.33. The van der Waals surface area contributed by atoms with Crippen LogP contribution in [0.15, 0.2) is 59.5 Å². The minimum absolute atomic E-state index is 0.0901. The molecule has 0 bridgehead atoms. The van der Waals surface area contributed by atoms with Gasteiger partial charge in [0.15, 0.2) is 0 Å². The largest absolute Gasteiger partial charge is 0.376 e. The second-order valence-corrected chi connectivity index (χ2v) is 6.53. The Hall–Kier alpha value is -3.26. The third-order valence-corrected chi connectivity index (χ3v) is 4.61. The first-order valence-electron chi connectivity index (χ1n) is 8.65. The van der Waals surface area contributed by atoms with Crippen molar-refractivity contribution in [2.75, 3.05) is 18.0 Å². The van der Waals surface area contributed by atoms with Crippen LogP contribution in [-0.2, 0) is 4.74 Å². The molecule has 0 amide bonds. The number of nitrogens with zero attached hydrogens (tertiary/aromatic N) is 4. The first-order chi connectivity index (χ1) is 13.0. The Kier molecular flexibility index (Phi) is 4.33. The fourth-order valence-corrected chi connectivity index (χ4v) is 3.42. The van der Waals surface area contributed by atoms with E-state index in [1.807, 2.05) is 37.3 Å². The van der Waals surface area contributed by atoms with Gasteiger partial charge in [0.2, 0.25) is 5.82 Å². The van der Waals surface area contributed by atoms with Gasteiger partial charge in [0, 0.05) is 12.7 Å². The highest BCUT2D eigenvalue weighted by atomic mass is 16.6. The standard InChI is InChI=1S/C19H18N4O4/c1-13-11-21(12-15(27-13)14-7-3-2-4-8-14)18-17(23(25)26)19(24)22-10-6-5-9-16(22)20-18/h2-10,13,15H,11-12H2,1H3. The number of anilines is 1. The fourth-order valence-electron chi connectivity index (χ4n) is 3.42. The average molecular weight is 366 g/mol. The van der Waals surface area contributed by atoms with Crippen LogP contribution in [0.25, 0.3) is 5.65 Å². The van der Waals surface area contributed by atoms with Gasteiger partial charge in [-0.25, -0.2) is 4.98 Å². The van der Waals surface area contributed by atoms with E-state index in [0.717, 1.165) is 5.56 Å². The summed E-state index contributed by atoms with van der Waals surface area (Å²) in [4.78, 5) is 29.9. The van der Waals surface area contributed by atoms with Gasteiger partial charge in [-0.3, -0.25) is 19.3 Å². The lowest BCUT2D eigenvalue weighted by Gasteiger charge is -2.37. The highest BCUT2D eigenvalue weighted by Crippen LogP contribution is 2.31. The van der Waals surface area contributed by atoms with Crippen LogP contribution in [0, 0.1) is 10.1 Å². The van der Waals surface area contributed by atoms with Crippen molar-refractivity contribution in [3.63, 3.8) is 0 Å². The molecule has 1 aliphatic heterocycles. The Morgan fingerprint density at radius 3 is 2.63 bits per heavy atom. The monoisotopic (exact) mass is 366 g/mol. The number of pyridine rings is 1. The van der Waals surface area contributed by atoms with Gasteiger partial charge in [-0.15, -0.1) is 0 Å². The smallest absolute Gasteiger partial charge is 0.367 e. The zero-order valence-corrected chi connectivity index (χ0v) is 14.7. The maximum absolute atomic E-state index is 12.7. The molecule has 3 aromatic rings. The van der Waals surface area contributed by atoms with Crippen molar-refractivity contribution in [2.24, 2.45) is 0 Å². The lowest BCUT2D eigenvalue weighted by molar-refractivity contribution is -0.385. The van der Waals surface area contributed by atoms with Gasteiger partial charge in [-0.2, -0.15) is 0 Å². The molecule has 27 heavy (non-hydrogen) atoms. The van der Waals surface area contributed by atoms with Crippen molar-refractivity contribution in [1.29, 1.82) is 0 Å². The fraction of sp³-hybridized carbons (Fsp3) is 0.263. The Bertz CT molecular complexity index is 1050. The van der Waals surface area contributed by atoms with Gasteiger partial charge in [-0.05, 0) is 24.6 Å². The normalized spacial score (nSPS) is 20.0. The first kappa shape index (κ1) is 17.2. The molecular formula is C19H18N4O4. The van der Waals surface area contributed by atoms with Gasteiger partial charge < -0.3 is 9.64 Å².